The van der Waals surface area contributed by atoms with E-state index in [-0.39, 0.29) is 57.2 Å². The van der Waals surface area contributed by atoms with Crippen LogP contribution in [0, 0.1) is 17.8 Å². The molecular weight excluding hydrogens is 662 g/mol. The van der Waals surface area contributed by atoms with Gasteiger partial charge in [0, 0.05) is 23.1 Å². The van der Waals surface area contributed by atoms with Gasteiger partial charge in [-0.15, -0.1) is 0 Å². The molecule has 1 saturated heterocycles. The van der Waals surface area contributed by atoms with E-state index in [1.54, 1.807) is 12.1 Å². The summed E-state index contributed by atoms with van der Waals surface area (Å²) in [6.07, 6.45) is 3.44. The average molecular weight is 683 g/mol. The van der Waals surface area contributed by atoms with Gasteiger partial charge < -0.3 is 14.9 Å². The molecule has 1 fully saturated rings. The van der Waals surface area contributed by atoms with Crippen molar-refractivity contribution in [1.29, 1.82) is 0 Å². The Labute approximate surface area is 250 Å². The van der Waals surface area contributed by atoms with Gasteiger partial charge in [-0.1, -0.05) is 17.7 Å². The fourth-order valence-electron chi connectivity index (χ4n) is 6.53. The Hall–Kier alpha value is -3.83. The normalized spacial score (nSPS) is 25.4. The molecule has 0 bridgehead atoms. The number of amides is 2. The Morgan fingerprint density at radius 1 is 1.05 bits per heavy atom. The quantitative estimate of drug-likeness (QED) is 0.266. The van der Waals surface area contributed by atoms with Gasteiger partial charge in [0.15, 0.2) is 23.1 Å². The minimum Gasteiger partial charge on any atom is -0.503 e. The van der Waals surface area contributed by atoms with Crippen LogP contribution in [0.5, 0.6) is 11.5 Å². The highest BCUT2D eigenvalue weighted by atomic mass is 79.9. The number of phenols is 1. The fraction of sp³-hybridized carbons (Fsp3) is 0.233. The third-order valence-corrected chi connectivity index (χ3v) is 9.48. The van der Waals surface area contributed by atoms with E-state index in [0.717, 1.165) is 10.5 Å². The van der Waals surface area contributed by atoms with Gasteiger partial charge in [0.05, 0.1) is 39.2 Å². The number of hydrogen-bond donors (Lipinski definition) is 2. The number of anilines is 1. The number of phenolic OH excluding ortho intramolecular Hbond substituents is 1. The van der Waals surface area contributed by atoms with Gasteiger partial charge in [-0.05, 0) is 86.5 Å². The number of imide groups is 1. The van der Waals surface area contributed by atoms with Crippen LogP contribution in [0.1, 0.15) is 34.7 Å². The monoisotopic (exact) mass is 681 g/mol. The third kappa shape index (κ3) is 4.13. The Morgan fingerprint density at radius 2 is 1.80 bits per heavy atom. The second-order valence-corrected chi connectivity index (χ2v) is 12.0. The summed E-state index contributed by atoms with van der Waals surface area (Å²) in [5.41, 5.74) is 1.99. The minimum atomic E-state index is -1.18. The van der Waals surface area contributed by atoms with E-state index in [4.69, 9.17) is 4.74 Å². The van der Waals surface area contributed by atoms with E-state index in [0.29, 0.717) is 15.6 Å². The molecule has 3 aliphatic carbocycles. The molecule has 1 aliphatic heterocycles. The molecule has 4 unspecified atom stereocenters. The number of nitrogens with zero attached hydrogens (tertiary/aromatic N) is 1. The first kappa shape index (κ1) is 27.3. The number of ether oxygens (including phenoxy) is 1. The molecule has 4 aliphatic rings. The van der Waals surface area contributed by atoms with Gasteiger partial charge in [-0.3, -0.25) is 24.1 Å². The smallest absolute Gasteiger partial charge is 0.335 e. The summed E-state index contributed by atoms with van der Waals surface area (Å²) in [5.74, 6) is -5.59. The van der Waals surface area contributed by atoms with E-state index >= 15 is 0 Å². The van der Waals surface area contributed by atoms with Gasteiger partial charge in [-0.2, -0.15) is 0 Å². The van der Waals surface area contributed by atoms with Crippen molar-refractivity contribution >= 4 is 66.9 Å². The average Bonchev–Trinajstić information content (AvgIpc) is 3.21. The van der Waals surface area contributed by atoms with Crippen LogP contribution in [0.15, 0.2) is 74.2 Å². The number of aromatic hydroxyl groups is 1. The lowest BCUT2D eigenvalue weighted by Gasteiger charge is -2.42. The number of hydrogen-bond acceptors (Lipinski definition) is 7. The van der Waals surface area contributed by atoms with Crippen molar-refractivity contribution in [2.75, 3.05) is 12.0 Å². The first-order chi connectivity index (χ1) is 19.5. The highest BCUT2D eigenvalue weighted by molar-refractivity contribution is 9.12. The molecule has 9 nitrogen and oxygen atoms in total. The molecule has 1 heterocycles. The maximum absolute atomic E-state index is 14.0. The van der Waals surface area contributed by atoms with Gasteiger partial charge in [-0.25, -0.2) is 4.79 Å². The third-order valence-electron chi connectivity index (χ3n) is 8.29. The van der Waals surface area contributed by atoms with Crippen molar-refractivity contribution in [3.05, 3.63) is 85.4 Å². The Balaban J connectivity index is 1.49. The Bertz CT molecular complexity index is 1700. The molecule has 2 aromatic rings. The van der Waals surface area contributed by atoms with Gasteiger partial charge in [0.2, 0.25) is 11.8 Å². The molecule has 0 radical (unpaired) electrons. The second kappa shape index (κ2) is 9.92. The number of rotatable bonds is 4. The molecule has 11 heteroatoms. The first-order valence-electron chi connectivity index (χ1n) is 12.7. The minimum absolute atomic E-state index is 0.0564. The summed E-state index contributed by atoms with van der Waals surface area (Å²) in [5, 5.41) is 19.9. The van der Waals surface area contributed by atoms with E-state index in [2.05, 4.69) is 31.9 Å². The number of fused-ring (bicyclic) bond motifs is 3. The summed E-state index contributed by atoms with van der Waals surface area (Å²) >= 11 is 6.55. The second-order valence-electron chi connectivity index (χ2n) is 10.3. The number of aromatic carboxylic acids is 1. The number of methoxy groups -OCH3 is 1. The molecule has 6 rings (SSSR count). The van der Waals surface area contributed by atoms with Gasteiger partial charge in [0.25, 0.3) is 0 Å². The van der Waals surface area contributed by atoms with E-state index < -0.39 is 41.5 Å². The molecule has 0 saturated carbocycles. The van der Waals surface area contributed by atoms with E-state index in [1.807, 2.05) is 6.08 Å². The Morgan fingerprint density at radius 3 is 2.51 bits per heavy atom. The predicted octanol–water partition coefficient (Wildman–Crippen LogP) is 4.83. The van der Waals surface area contributed by atoms with Crippen LogP contribution in [-0.2, 0) is 19.2 Å². The van der Waals surface area contributed by atoms with Crippen molar-refractivity contribution in [3.63, 3.8) is 0 Å². The van der Waals surface area contributed by atoms with Crippen LogP contribution in [0.2, 0.25) is 0 Å². The van der Waals surface area contributed by atoms with E-state index in [9.17, 15) is 34.2 Å². The first-order valence-corrected chi connectivity index (χ1v) is 14.3. The van der Waals surface area contributed by atoms with Crippen molar-refractivity contribution in [2.24, 2.45) is 17.8 Å². The number of benzene rings is 2. The molecule has 0 aromatic heterocycles. The number of carbonyl (C=O) groups excluding carboxylic acids is 4. The molecule has 2 N–H and O–H groups in total. The van der Waals surface area contributed by atoms with Crippen molar-refractivity contribution in [1.82, 2.24) is 0 Å². The van der Waals surface area contributed by atoms with Crippen molar-refractivity contribution in [2.45, 2.75) is 18.8 Å². The van der Waals surface area contributed by atoms with Crippen LogP contribution >= 0.6 is 31.9 Å². The van der Waals surface area contributed by atoms with Crippen LogP contribution < -0.4 is 9.64 Å². The number of Topliss-reactive ketones (excluding diaryl/α,β-unsaturated/α-hetero) is 1. The number of carbonyl (C=O) groups is 5. The molecule has 0 spiro atoms. The van der Waals surface area contributed by atoms with Crippen molar-refractivity contribution < 1.29 is 38.9 Å². The molecular formula is C30H21Br2NO8. The summed E-state index contributed by atoms with van der Waals surface area (Å²) in [7, 11) is 1.40. The topological polar surface area (TPSA) is 138 Å². The molecule has 2 aromatic carbocycles. The zero-order valence-electron chi connectivity index (χ0n) is 21.4. The van der Waals surface area contributed by atoms with Gasteiger partial charge in [0.1, 0.15) is 0 Å². The largest absolute Gasteiger partial charge is 0.503 e. The van der Waals surface area contributed by atoms with Crippen LogP contribution in [0.25, 0.3) is 0 Å². The summed E-state index contributed by atoms with van der Waals surface area (Å²) in [6.45, 7) is 0. The Kier molecular flexibility index (Phi) is 6.61. The van der Waals surface area contributed by atoms with Crippen LogP contribution in [0.3, 0.4) is 0 Å². The van der Waals surface area contributed by atoms with Crippen molar-refractivity contribution in [3.8, 4) is 11.5 Å². The lowest BCUT2D eigenvalue weighted by molar-refractivity contribution is -0.123. The molecule has 41 heavy (non-hydrogen) atoms. The number of halogens is 2. The number of carboxylic acids is 1. The van der Waals surface area contributed by atoms with Gasteiger partial charge >= 0.3 is 5.97 Å². The predicted molar refractivity (Wildman–Crippen MR) is 153 cm³/mol. The lowest BCUT2D eigenvalue weighted by Crippen LogP contribution is -2.39. The zero-order chi connectivity index (χ0) is 29.3. The highest BCUT2D eigenvalue weighted by Gasteiger charge is 2.56. The summed E-state index contributed by atoms with van der Waals surface area (Å²) < 4.78 is 5.79. The summed E-state index contributed by atoms with van der Waals surface area (Å²) in [6, 6.07) is 8.92. The maximum atomic E-state index is 14.0. The maximum Gasteiger partial charge on any atom is 0.335 e. The molecule has 2 amide bonds. The standard InChI is InChI=1S/C30H21Br2NO8/c1-41-22-9-13(8-19(31)27(22)36)23-15-5-6-16-24(17(15)10-18-25(23)21(34)11-20(32)26(18)35)29(38)33(28(16)37)14-4-2-3-12(7-14)30(39)40/h2-5,7-9,11,16-17,23-24,36H,6,10H2,1H3,(H,39,40). The SMILES string of the molecule is COc1cc(C2C3=CCC4C(=O)N(c5cccc(C(=O)O)c5)C(=O)C4C3CC3=C2C(=O)C=C(Br)C3=O)cc(Br)c1O. The highest BCUT2D eigenvalue weighted by Crippen LogP contribution is 2.56. The fourth-order valence-corrected chi connectivity index (χ4v) is 7.44. The molecule has 208 valence electrons. The number of carboxylic acid groups (broad SMARTS) is 1. The molecule has 4 atom stereocenters. The summed E-state index contributed by atoms with van der Waals surface area (Å²) in [4.78, 5) is 67.0. The number of allylic oxidation sites excluding steroid dienone is 6. The zero-order valence-corrected chi connectivity index (χ0v) is 24.6. The lowest BCUT2D eigenvalue weighted by atomic mass is 9.59. The van der Waals surface area contributed by atoms with Crippen LogP contribution in [0.4, 0.5) is 5.69 Å². The van der Waals surface area contributed by atoms with Crippen LogP contribution in [-0.4, -0.2) is 46.7 Å². The number of ketones is 2. The van der Waals surface area contributed by atoms with E-state index in [1.165, 1.54) is 37.5 Å².